The van der Waals surface area contributed by atoms with Crippen LogP contribution in [0.4, 0.5) is 0 Å². The predicted octanol–water partition coefficient (Wildman–Crippen LogP) is 5.80. The van der Waals surface area contributed by atoms with Crippen LogP contribution in [0.25, 0.3) is 10.8 Å². The second-order valence-electron chi connectivity index (χ2n) is 4.76. The van der Waals surface area contributed by atoms with Gasteiger partial charge in [-0.25, -0.2) is 0 Å². The van der Waals surface area contributed by atoms with Gasteiger partial charge in [0.1, 0.15) is 0 Å². The second kappa shape index (κ2) is 6.80. The van der Waals surface area contributed by atoms with Crippen LogP contribution in [0, 0.1) is 0 Å². The molecule has 1 aromatic heterocycles. The minimum absolute atomic E-state index is 1.27. The average Bonchev–Trinajstić information content (AvgIpc) is 2.77. The van der Waals surface area contributed by atoms with E-state index >= 15 is 0 Å². The van der Waals surface area contributed by atoms with E-state index in [1.54, 1.807) is 4.88 Å². The molecule has 1 heterocycles. The molecule has 2 aromatic rings. The molecule has 0 aliphatic rings. The maximum atomic E-state index is 2.29. The van der Waals surface area contributed by atoms with Crippen molar-refractivity contribution >= 4 is 22.1 Å². The zero-order valence-electron chi connectivity index (χ0n) is 10.7. The van der Waals surface area contributed by atoms with Gasteiger partial charge >= 0.3 is 0 Å². The Hall–Kier alpha value is -0.820. The molecule has 2 rings (SSSR count). The first-order valence-electron chi connectivity index (χ1n) is 6.87. The summed E-state index contributed by atoms with van der Waals surface area (Å²) in [4.78, 5) is 1.58. The summed E-state index contributed by atoms with van der Waals surface area (Å²) in [5.74, 6) is 0. The number of aryl methyl sites for hydroxylation is 1. The van der Waals surface area contributed by atoms with E-state index in [0.717, 1.165) is 0 Å². The summed E-state index contributed by atoms with van der Waals surface area (Å²) in [6.45, 7) is 2.28. The van der Waals surface area contributed by atoms with Crippen LogP contribution in [-0.2, 0) is 6.42 Å². The van der Waals surface area contributed by atoms with Gasteiger partial charge in [-0.2, -0.15) is 0 Å². The van der Waals surface area contributed by atoms with E-state index in [9.17, 15) is 0 Å². The number of thiophene rings is 1. The topological polar surface area (TPSA) is 0 Å². The van der Waals surface area contributed by atoms with Crippen LogP contribution in [0.15, 0.2) is 29.6 Å². The van der Waals surface area contributed by atoms with Gasteiger partial charge in [0, 0.05) is 4.88 Å². The molecule has 0 nitrogen and oxygen atoms in total. The maximum Gasteiger partial charge on any atom is 0.0124 e. The highest BCUT2D eigenvalue weighted by atomic mass is 32.1. The zero-order chi connectivity index (χ0) is 11.9. The van der Waals surface area contributed by atoms with E-state index in [1.807, 2.05) is 11.3 Å². The standard InChI is InChI=1S/C16H22S/c1-2-3-4-5-6-7-12-16-15-11-9-8-10-14(15)13-17-16/h8-11,13H,2-7,12H2,1H3. The van der Waals surface area contributed by atoms with Crippen LogP contribution in [0.2, 0.25) is 0 Å². The Balaban J connectivity index is 1.79. The zero-order valence-corrected chi connectivity index (χ0v) is 11.6. The predicted molar refractivity (Wildman–Crippen MR) is 78.9 cm³/mol. The third kappa shape index (κ3) is 3.57. The molecule has 0 unspecified atom stereocenters. The first-order chi connectivity index (χ1) is 8.42. The van der Waals surface area contributed by atoms with Crippen molar-refractivity contribution in [2.75, 3.05) is 0 Å². The van der Waals surface area contributed by atoms with E-state index in [0.29, 0.717) is 0 Å². The fourth-order valence-electron chi connectivity index (χ4n) is 2.31. The van der Waals surface area contributed by atoms with Gasteiger partial charge < -0.3 is 0 Å². The summed E-state index contributed by atoms with van der Waals surface area (Å²) >= 11 is 1.93. The second-order valence-corrected chi connectivity index (χ2v) is 5.73. The molecule has 0 bridgehead atoms. The molecule has 0 fully saturated rings. The lowest BCUT2D eigenvalue weighted by Gasteiger charge is -2.00. The molecule has 0 spiro atoms. The molecular formula is C16H22S. The van der Waals surface area contributed by atoms with E-state index < -0.39 is 0 Å². The van der Waals surface area contributed by atoms with Crippen molar-refractivity contribution in [2.24, 2.45) is 0 Å². The van der Waals surface area contributed by atoms with Crippen LogP contribution >= 0.6 is 11.3 Å². The minimum atomic E-state index is 1.27. The van der Waals surface area contributed by atoms with Gasteiger partial charge in [-0.1, -0.05) is 63.3 Å². The summed E-state index contributed by atoms with van der Waals surface area (Å²) in [5.41, 5.74) is 0. The van der Waals surface area contributed by atoms with E-state index in [1.165, 1.54) is 55.7 Å². The third-order valence-corrected chi connectivity index (χ3v) is 4.43. The van der Waals surface area contributed by atoms with Gasteiger partial charge in [-0.15, -0.1) is 11.3 Å². The number of fused-ring (bicyclic) bond motifs is 1. The SMILES string of the molecule is CCCCCCCCc1scc2ccccc12. The van der Waals surface area contributed by atoms with Crippen LogP contribution in [0.5, 0.6) is 0 Å². The number of hydrogen-bond donors (Lipinski definition) is 0. The Morgan fingerprint density at radius 3 is 2.59 bits per heavy atom. The fraction of sp³-hybridized carbons (Fsp3) is 0.500. The molecule has 1 aromatic carbocycles. The van der Waals surface area contributed by atoms with Crippen molar-refractivity contribution in [2.45, 2.75) is 51.9 Å². The van der Waals surface area contributed by atoms with Gasteiger partial charge in [0.05, 0.1) is 0 Å². The molecule has 0 atom stereocenters. The van der Waals surface area contributed by atoms with Gasteiger partial charge in [0.15, 0.2) is 0 Å². The van der Waals surface area contributed by atoms with E-state index in [2.05, 4.69) is 36.6 Å². The van der Waals surface area contributed by atoms with Gasteiger partial charge in [-0.05, 0) is 29.0 Å². The Labute approximate surface area is 109 Å². The van der Waals surface area contributed by atoms with Crippen molar-refractivity contribution in [3.05, 3.63) is 34.5 Å². The molecule has 1 heteroatoms. The average molecular weight is 246 g/mol. The van der Waals surface area contributed by atoms with E-state index in [-0.39, 0.29) is 0 Å². The van der Waals surface area contributed by atoms with E-state index in [4.69, 9.17) is 0 Å². The van der Waals surface area contributed by atoms with Crippen molar-refractivity contribution in [1.82, 2.24) is 0 Å². The van der Waals surface area contributed by atoms with Crippen molar-refractivity contribution < 1.29 is 0 Å². The Morgan fingerprint density at radius 1 is 0.941 bits per heavy atom. The Morgan fingerprint density at radius 2 is 1.71 bits per heavy atom. The van der Waals surface area contributed by atoms with Crippen molar-refractivity contribution in [3.8, 4) is 0 Å². The highest BCUT2D eigenvalue weighted by Gasteiger charge is 2.02. The highest BCUT2D eigenvalue weighted by molar-refractivity contribution is 7.11. The van der Waals surface area contributed by atoms with Gasteiger partial charge in [0.25, 0.3) is 0 Å². The summed E-state index contributed by atoms with van der Waals surface area (Å²) in [7, 11) is 0. The number of benzene rings is 1. The monoisotopic (exact) mass is 246 g/mol. The number of hydrogen-bond acceptors (Lipinski definition) is 1. The summed E-state index contributed by atoms with van der Waals surface area (Å²) in [5, 5.41) is 5.19. The number of rotatable bonds is 7. The normalized spacial score (nSPS) is 11.1. The molecule has 0 radical (unpaired) electrons. The first kappa shape index (κ1) is 12.6. The molecule has 0 saturated carbocycles. The van der Waals surface area contributed by atoms with Crippen LogP contribution in [-0.4, -0.2) is 0 Å². The lowest BCUT2D eigenvalue weighted by molar-refractivity contribution is 0.609. The smallest absolute Gasteiger partial charge is 0.0124 e. The highest BCUT2D eigenvalue weighted by Crippen LogP contribution is 2.27. The van der Waals surface area contributed by atoms with Gasteiger partial charge in [-0.3, -0.25) is 0 Å². The fourth-order valence-corrected chi connectivity index (χ4v) is 3.36. The van der Waals surface area contributed by atoms with Crippen molar-refractivity contribution in [1.29, 1.82) is 0 Å². The van der Waals surface area contributed by atoms with Gasteiger partial charge in [0.2, 0.25) is 0 Å². The Bertz CT molecular complexity index is 441. The molecule has 92 valence electrons. The Kier molecular flexibility index (Phi) is 5.06. The minimum Gasteiger partial charge on any atom is -0.148 e. The number of unbranched alkanes of at least 4 members (excludes halogenated alkanes) is 5. The van der Waals surface area contributed by atoms with Crippen LogP contribution < -0.4 is 0 Å². The summed E-state index contributed by atoms with van der Waals surface area (Å²) in [6.07, 6.45) is 9.60. The summed E-state index contributed by atoms with van der Waals surface area (Å²) in [6, 6.07) is 8.76. The molecule has 0 amide bonds. The third-order valence-electron chi connectivity index (χ3n) is 3.35. The van der Waals surface area contributed by atoms with Crippen molar-refractivity contribution in [3.63, 3.8) is 0 Å². The molecule has 0 aliphatic heterocycles. The molecule has 17 heavy (non-hydrogen) atoms. The molecule has 0 saturated heterocycles. The lowest BCUT2D eigenvalue weighted by atomic mass is 10.1. The van der Waals surface area contributed by atoms with Crippen LogP contribution in [0.3, 0.4) is 0 Å². The largest absolute Gasteiger partial charge is 0.148 e. The maximum absolute atomic E-state index is 2.29. The molecule has 0 aliphatic carbocycles. The quantitative estimate of drug-likeness (QED) is 0.541. The lowest BCUT2D eigenvalue weighted by Crippen LogP contribution is -1.83. The van der Waals surface area contributed by atoms with Crippen LogP contribution in [0.1, 0.15) is 50.3 Å². The molecule has 0 N–H and O–H groups in total. The first-order valence-corrected chi connectivity index (χ1v) is 7.75. The summed E-state index contributed by atoms with van der Waals surface area (Å²) < 4.78 is 0. The molecular weight excluding hydrogens is 224 g/mol.